The Hall–Kier alpha value is -2.96. The Morgan fingerprint density at radius 1 is 0.750 bits per heavy atom. The summed E-state index contributed by atoms with van der Waals surface area (Å²) in [5.41, 5.74) is 2.45. The van der Waals surface area contributed by atoms with Gasteiger partial charge < -0.3 is 5.32 Å². The molecule has 1 amide bonds. The van der Waals surface area contributed by atoms with E-state index >= 15 is 0 Å². The average molecular weight is 394 g/mol. The highest BCUT2D eigenvalue weighted by molar-refractivity contribution is 7.89. The highest BCUT2D eigenvalue weighted by Gasteiger charge is 2.14. The van der Waals surface area contributed by atoms with Crippen LogP contribution in [0.25, 0.3) is 0 Å². The Bertz CT molecular complexity index is 1000. The second-order valence-corrected chi connectivity index (χ2v) is 8.09. The van der Waals surface area contributed by atoms with Crippen molar-refractivity contribution in [1.29, 1.82) is 0 Å². The van der Waals surface area contributed by atoms with Crippen LogP contribution >= 0.6 is 0 Å². The van der Waals surface area contributed by atoms with Gasteiger partial charge in [-0.1, -0.05) is 60.7 Å². The van der Waals surface area contributed by atoms with Crippen LogP contribution in [0.5, 0.6) is 0 Å². The van der Waals surface area contributed by atoms with Gasteiger partial charge in [-0.15, -0.1) is 0 Å². The molecule has 0 spiro atoms. The predicted octanol–water partition coefficient (Wildman–Crippen LogP) is 3.14. The topological polar surface area (TPSA) is 75.3 Å². The van der Waals surface area contributed by atoms with Crippen LogP contribution < -0.4 is 10.0 Å². The van der Waals surface area contributed by atoms with E-state index in [1.54, 1.807) is 0 Å². The second kappa shape index (κ2) is 9.30. The number of nitrogens with one attached hydrogen (secondary N) is 2. The Balaban J connectivity index is 1.55. The van der Waals surface area contributed by atoms with E-state index in [2.05, 4.69) is 10.0 Å². The minimum absolute atomic E-state index is 0.129. The van der Waals surface area contributed by atoms with Gasteiger partial charge in [0.1, 0.15) is 0 Å². The van der Waals surface area contributed by atoms with Gasteiger partial charge in [-0.25, -0.2) is 13.1 Å². The third kappa shape index (κ3) is 5.52. The normalized spacial score (nSPS) is 11.1. The molecular weight excluding hydrogens is 372 g/mol. The van der Waals surface area contributed by atoms with Gasteiger partial charge in [0.2, 0.25) is 10.0 Å². The lowest BCUT2D eigenvalue weighted by Gasteiger charge is -2.09. The van der Waals surface area contributed by atoms with E-state index in [1.165, 1.54) is 24.3 Å². The standard InChI is InChI=1S/C22H22N2O3S/c25-22(23-16-15-18-7-3-1-4-8-18)20-11-13-21(14-12-20)28(26,27)24-17-19-9-5-2-6-10-19/h1-14,24H,15-17H2,(H,23,25). The number of benzene rings is 3. The van der Waals surface area contributed by atoms with Crippen molar-refractivity contribution < 1.29 is 13.2 Å². The number of carbonyl (C=O) groups excluding carboxylic acids is 1. The molecule has 6 heteroatoms. The van der Waals surface area contributed by atoms with Crippen LogP contribution in [0.3, 0.4) is 0 Å². The first-order valence-electron chi connectivity index (χ1n) is 9.00. The summed E-state index contributed by atoms with van der Waals surface area (Å²) >= 11 is 0. The highest BCUT2D eigenvalue weighted by atomic mass is 32.2. The van der Waals surface area contributed by atoms with Crippen molar-refractivity contribution >= 4 is 15.9 Å². The molecule has 0 aliphatic heterocycles. The summed E-state index contributed by atoms with van der Waals surface area (Å²) in [4.78, 5) is 12.4. The SMILES string of the molecule is O=C(NCCc1ccccc1)c1ccc(S(=O)(=O)NCc2ccccc2)cc1. The molecule has 0 saturated heterocycles. The second-order valence-electron chi connectivity index (χ2n) is 6.33. The molecule has 5 nitrogen and oxygen atoms in total. The van der Waals surface area contributed by atoms with Crippen molar-refractivity contribution in [2.75, 3.05) is 6.54 Å². The van der Waals surface area contributed by atoms with Crippen molar-refractivity contribution in [1.82, 2.24) is 10.0 Å². The lowest BCUT2D eigenvalue weighted by Crippen LogP contribution is -2.26. The average Bonchev–Trinajstić information content (AvgIpc) is 2.74. The zero-order chi connectivity index (χ0) is 19.8. The molecule has 0 aromatic heterocycles. The van der Waals surface area contributed by atoms with Crippen molar-refractivity contribution in [3.05, 3.63) is 102 Å². The van der Waals surface area contributed by atoms with Crippen LogP contribution in [0.2, 0.25) is 0 Å². The van der Waals surface area contributed by atoms with E-state index in [-0.39, 0.29) is 17.3 Å². The van der Waals surface area contributed by atoms with Crippen LogP contribution in [-0.4, -0.2) is 20.9 Å². The number of hydrogen-bond donors (Lipinski definition) is 2. The smallest absolute Gasteiger partial charge is 0.251 e. The summed E-state index contributed by atoms with van der Waals surface area (Å²) in [6, 6.07) is 25.1. The molecule has 0 unspecified atom stereocenters. The zero-order valence-corrected chi connectivity index (χ0v) is 16.2. The first kappa shape index (κ1) is 19.8. The van der Waals surface area contributed by atoms with Crippen LogP contribution in [0, 0.1) is 0 Å². The molecule has 3 rings (SSSR count). The maximum Gasteiger partial charge on any atom is 0.251 e. The van der Waals surface area contributed by atoms with Crippen molar-refractivity contribution in [2.24, 2.45) is 0 Å². The quantitative estimate of drug-likeness (QED) is 0.616. The molecule has 2 N–H and O–H groups in total. The Morgan fingerprint density at radius 2 is 1.32 bits per heavy atom. The van der Waals surface area contributed by atoms with E-state index in [0.717, 1.165) is 17.5 Å². The number of carbonyl (C=O) groups is 1. The molecule has 0 aliphatic rings. The Kier molecular flexibility index (Phi) is 6.57. The minimum Gasteiger partial charge on any atom is -0.352 e. The lowest BCUT2D eigenvalue weighted by atomic mass is 10.1. The molecule has 144 valence electrons. The van der Waals surface area contributed by atoms with E-state index in [1.807, 2.05) is 60.7 Å². The number of hydrogen-bond acceptors (Lipinski definition) is 3. The third-order valence-electron chi connectivity index (χ3n) is 4.28. The van der Waals surface area contributed by atoms with E-state index in [9.17, 15) is 13.2 Å². The van der Waals surface area contributed by atoms with E-state index in [0.29, 0.717) is 12.1 Å². The first-order valence-corrected chi connectivity index (χ1v) is 10.5. The molecule has 0 aliphatic carbocycles. The molecule has 0 radical (unpaired) electrons. The minimum atomic E-state index is -3.64. The molecule has 0 atom stereocenters. The summed E-state index contributed by atoms with van der Waals surface area (Å²) in [6.45, 7) is 0.729. The summed E-state index contributed by atoms with van der Waals surface area (Å²) in [5, 5.41) is 2.85. The van der Waals surface area contributed by atoms with Gasteiger partial charge in [0.05, 0.1) is 4.90 Å². The van der Waals surface area contributed by atoms with Gasteiger partial charge in [-0.05, 0) is 41.8 Å². The molecule has 3 aromatic rings. The largest absolute Gasteiger partial charge is 0.352 e. The van der Waals surface area contributed by atoms with Crippen molar-refractivity contribution in [3.63, 3.8) is 0 Å². The van der Waals surface area contributed by atoms with Gasteiger partial charge >= 0.3 is 0 Å². The highest BCUT2D eigenvalue weighted by Crippen LogP contribution is 2.12. The van der Waals surface area contributed by atoms with Crippen LogP contribution in [0.4, 0.5) is 0 Å². The van der Waals surface area contributed by atoms with Gasteiger partial charge in [-0.3, -0.25) is 4.79 Å². The van der Waals surface area contributed by atoms with E-state index < -0.39 is 10.0 Å². The summed E-state index contributed by atoms with van der Waals surface area (Å²) in [6.07, 6.45) is 0.739. The van der Waals surface area contributed by atoms with Crippen LogP contribution in [-0.2, 0) is 23.0 Å². The summed E-state index contributed by atoms with van der Waals surface area (Å²) in [5.74, 6) is -0.225. The fourth-order valence-corrected chi connectivity index (χ4v) is 3.73. The molecule has 28 heavy (non-hydrogen) atoms. The first-order chi connectivity index (χ1) is 13.5. The summed E-state index contributed by atoms with van der Waals surface area (Å²) in [7, 11) is -3.64. The Labute approximate surface area is 165 Å². The molecule has 3 aromatic carbocycles. The molecule has 0 heterocycles. The van der Waals surface area contributed by atoms with Crippen molar-refractivity contribution in [2.45, 2.75) is 17.9 Å². The van der Waals surface area contributed by atoms with Gasteiger partial charge in [0.15, 0.2) is 0 Å². The number of rotatable bonds is 8. The van der Waals surface area contributed by atoms with Gasteiger partial charge in [0, 0.05) is 18.7 Å². The van der Waals surface area contributed by atoms with Gasteiger partial charge in [0.25, 0.3) is 5.91 Å². The molecule has 0 bridgehead atoms. The fraction of sp³-hybridized carbons (Fsp3) is 0.136. The van der Waals surface area contributed by atoms with Crippen LogP contribution in [0.1, 0.15) is 21.5 Å². The summed E-state index contributed by atoms with van der Waals surface area (Å²) < 4.78 is 27.4. The maximum absolute atomic E-state index is 12.4. The van der Waals surface area contributed by atoms with Crippen molar-refractivity contribution in [3.8, 4) is 0 Å². The molecule has 0 fully saturated rings. The number of sulfonamides is 1. The zero-order valence-electron chi connectivity index (χ0n) is 15.3. The molecular formula is C22H22N2O3S. The maximum atomic E-state index is 12.4. The van der Waals surface area contributed by atoms with Crippen LogP contribution in [0.15, 0.2) is 89.8 Å². The Morgan fingerprint density at radius 3 is 1.93 bits per heavy atom. The van der Waals surface area contributed by atoms with Gasteiger partial charge in [-0.2, -0.15) is 0 Å². The fourth-order valence-electron chi connectivity index (χ4n) is 2.71. The van der Waals surface area contributed by atoms with E-state index in [4.69, 9.17) is 0 Å². The molecule has 0 saturated carbocycles. The number of amides is 1. The monoisotopic (exact) mass is 394 g/mol. The predicted molar refractivity (Wildman–Crippen MR) is 109 cm³/mol. The third-order valence-corrected chi connectivity index (χ3v) is 5.70. The lowest BCUT2D eigenvalue weighted by molar-refractivity contribution is 0.0954.